The van der Waals surface area contributed by atoms with Crippen molar-refractivity contribution in [2.45, 2.75) is 70.9 Å². The second-order valence-corrected chi connectivity index (χ2v) is 7.38. The van der Waals surface area contributed by atoms with Crippen LogP contribution in [0.25, 0.3) is 0 Å². The van der Waals surface area contributed by atoms with Crippen LogP contribution >= 0.6 is 0 Å². The van der Waals surface area contributed by atoms with Gasteiger partial charge in [0.15, 0.2) is 0 Å². The predicted octanol–water partition coefficient (Wildman–Crippen LogP) is 3.28. The Morgan fingerprint density at radius 2 is 1.71 bits per heavy atom. The number of hydrogen-bond donors (Lipinski definition) is 1. The predicted molar refractivity (Wildman–Crippen MR) is 79.0 cm³/mol. The van der Waals surface area contributed by atoms with E-state index < -0.39 is 23.7 Å². The molecule has 21 heavy (non-hydrogen) atoms. The van der Waals surface area contributed by atoms with Crippen molar-refractivity contribution in [1.82, 2.24) is 4.90 Å². The smallest absolute Gasteiger partial charge is 0.411 e. The molecule has 1 aliphatic heterocycles. The number of carbonyl (C=O) groups is 2. The summed E-state index contributed by atoms with van der Waals surface area (Å²) in [6.07, 6.45) is 6.14. The van der Waals surface area contributed by atoms with Crippen molar-refractivity contribution in [3.05, 3.63) is 0 Å². The number of rotatable bonds is 2. The third-order valence-electron chi connectivity index (χ3n) is 4.56. The highest BCUT2D eigenvalue weighted by Gasteiger charge is 2.43. The fourth-order valence-electron chi connectivity index (χ4n) is 3.57. The van der Waals surface area contributed by atoms with E-state index in [1.54, 1.807) is 20.8 Å². The van der Waals surface area contributed by atoms with E-state index >= 15 is 0 Å². The highest BCUT2D eigenvalue weighted by molar-refractivity contribution is 5.81. The first-order valence-corrected chi connectivity index (χ1v) is 8.00. The first-order valence-electron chi connectivity index (χ1n) is 8.00. The lowest BCUT2D eigenvalue weighted by Gasteiger charge is -2.28. The lowest BCUT2D eigenvalue weighted by atomic mass is 9.79. The minimum absolute atomic E-state index is 0.305. The molecule has 1 saturated heterocycles. The van der Waals surface area contributed by atoms with E-state index in [0.717, 1.165) is 0 Å². The zero-order valence-corrected chi connectivity index (χ0v) is 13.3. The topological polar surface area (TPSA) is 66.8 Å². The van der Waals surface area contributed by atoms with Crippen molar-refractivity contribution in [2.75, 3.05) is 6.54 Å². The average Bonchev–Trinajstić information content (AvgIpc) is 2.83. The number of aliphatic carboxylic acids is 1. The molecule has 5 heteroatoms. The van der Waals surface area contributed by atoms with Gasteiger partial charge in [0.25, 0.3) is 0 Å². The Labute approximate surface area is 126 Å². The van der Waals surface area contributed by atoms with Gasteiger partial charge in [0, 0.05) is 6.54 Å². The average molecular weight is 297 g/mol. The van der Waals surface area contributed by atoms with Crippen LogP contribution in [0.5, 0.6) is 0 Å². The highest BCUT2D eigenvalue weighted by atomic mass is 16.6. The van der Waals surface area contributed by atoms with Gasteiger partial charge in [-0.15, -0.1) is 0 Å². The molecule has 0 spiro atoms. The standard InChI is InChI=1S/C16H27NO4/c1-16(2,3)21-15(20)17-10-12(9-13(17)14(18)19)11-7-5-4-6-8-11/h11-13H,4-10H2,1-3H3,(H,18,19)/t12-,13+/m0/s1. The van der Waals surface area contributed by atoms with Gasteiger partial charge in [-0.05, 0) is 39.0 Å². The zero-order chi connectivity index (χ0) is 15.6. The van der Waals surface area contributed by atoms with E-state index in [9.17, 15) is 14.7 Å². The molecule has 0 radical (unpaired) electrons. The first-order chi connectivity index (χ1) is 9.78. The van der Waals surface area contributed by atoms with Crippen LogP contribution in [0, 0.1) is 11.8 Å². The lowest BCUT2D eigenvalue weighted by molar-refractivity contribution is -0.142. The fourth-order valence-corrected chi connectivity index (χ4v) is 3.57. The van der Waals surface area contributed by atoms with Crippen LogP contribution in [0.1, 0.15) is 59.3 Å². The van der Waals surface area contributed by atoms with Crippen molar-refractivity contribution < 1.29 is 19.4 Å². The van der Waals surface area contributed by atoms with E-state index in [1.807, 2.05) is 0 Å². The Morgan fingerprint density at radius 1 is 1.10 bits per heavy atom. The van der Waals surface area contributed by atoms with Crippen LogP contribution in [-0.2, 0) is 9.53 Å². The van der Waals surface area contributed by atoms with Crippen molar-refractivity contribution in [2.24, 2.45) is 11.8 Å². The molecule has 2 fully saturated rings. The van der Waals surface area contributed by atoms with Crippen LogP contribution in [-0.4, -0.2) is 40.3 Å². The van der Waals surface area contributed by atoms with Crippen molar-refractivity contribution in [3.8, 4) is 0 Å². The van der Waals surface area contributed by atoms with Gasteiger partial charge in [-0.1, -0.05) is 32.1 Å². The summed E-state index contributed by atoms with van der Waals surface area (Å²) >= 11 is 0. The summed E-state index contributed by atoms with van der Waals surface area (Å²) in [7, 11) is 0. The second-order valence-electron chi connectivity index (χ2n) is 7.38. The van der Waals surface area contributed by atoms with Crippen molar-refractivity contribution in [1.29, 1.82) is 0 Å². The summed E-state index contributed by atoms with van der Waals surface area (Å²) in [6.45, 7) is 5.93. The Bertz CT molecular complexity index is 396. The lowest BCUT2D eigenvalue weighted by Crippen LogP contribution is -2.43. The normalized spacial score (nSPS) is 27.7. The van der Waals surface area contributed by atoms with Gasteiger partial charge in [0.05, 0.1) is 0 Å². The Hall–Kier alpha value is -1.26. The maximum absolute atomic E-state index is 12.2. The van der Waals surface area contributed by atoms with E-state index in [4.69, 9.17) is 4.74 Å². The Morgan fingerprint density at radius 3 is 2.24 bits per heavy atom. The third kappa shape index (κ3) is 4.11. The van der Waals surface area contributed by atoms with Gasteiger partial charge in [-0.3, -0.25) is 4.90 Å². The molecule has 0 aromatic heterocycles. The minimum atomic E-state index is -0.917. The first kappa shape index (κ1) is 16.1. The molecular weight excluding hydrogens is 270 g/mol. The summed E-state index contributed by atoms with van der Waals surface area (Å²) in [5.41, 5.74) is -0.594. The van der Waals surface area contributed by atoms with Crippen LogP contribution < -0.4 is 0 Å². The van der Waals surface area contributed by atoms with E-state index in [-0.39, 0.29) is 0 Å². The van der Waals surface area contributed by atoms with Gasteiger partial charge >= 0.3 is 12.1 Å². The number of ether oxygens (including phenoxy) is 1. The molecule has 1 heterocycles. The maximum atomic E-state index is 12.2. The Kier molecular flexibility index (Phi) is 4.79. The van der Waals surface area contributed by atoms with Crippen LogP contribution in [0.3, 0.4) is 0 Å². The number of likely N-dealkylation sites (tertiary alicyclic amines) is 1. The number of amides is 1. The fraction of sp³-hybridized carbons (Fsp3) is 0.875. The zero-order valence-electron chi connectivity index (χ0n) is 13.3. The molecule has 2 rings (SSSR count). The van der Waals surface area contributed by atoms with Crippen LogP contribution in [0.15, 0.2) is 0 Å². The van der Waals surface area contributed by atoms with Crippen molar-refractivity contribution >= 4 is 12.1 Å². The van der Waals surface area contributed by atoms with E-state index in [0.29, 0.717) is 24.8 Å². The molecule has 1 N–H and O–H groups in total. The SMILES string of the molecule is CC(C)(C)OC(=O)N1C[C@@H](C2CCCCC2)C[C@@H]1C(=O)O. The molecule has 0 aromatic rings. The number of carboxylic acids is 1. The molecular formula is C16H27NO4. The molecule has 1 amide bonds. The quantitative estimate of drug-likeness (QED) is 0.849. The number of hydrogen-bond acceptors (Lipinski definition) is 3. The monoisotopic (exact) mass is 297 g/mol. The highest BCUT2D eigenvalue weighted by Crippen LogP contribution is 2.38. The summed E-state index contributed by atoms with van der Waals surface area (Å²) < 4.78 is 5.36. The summed E-state index contributed by atoms with van der Waals surface area (Å²) in [6, 6.07) is -0.730. The molecule has 120 valence electrons. The maximum Gasteiger partial charge on any atom is 0.411 e. The number of carbonyl (C=O) groups excluding carboxylic acids is 1. The molecule has 1 saturated carbocycles. The summed E-state index contributed by atoms with van der Waals surface area (Å²) in [5.74, 6) is -0.0499. The molecule has 5 nitrogen and oxygen atoms in total. The minimum Gasteiger partial charge on any atom is -0.480 e. The third-order valence-corrected chi connectivity index (χ3v) is 4.56. The molecule has 0 aromatic carbocycles. The Balaban J connectivity index is 2.04. The van der Waals surface area contributed by atoms with Gasteiger partial charge in [-0.25, -0.2) is 9.59 Å². The van der Waals surface area contributed by atoms with Gasteiger partial charge in [-0.2, -0.15) is 0 Å². The molecule has 1 aliphatic carbocycles. The van der Waals surface area contributed by atoms with E-state index in [1.165, 1.54) is 37.0 Å². The van der Waals surface area contributed by atoms with Gasteiger partial charge in [0.2, 0.25) is 0 Å². The molecule has 0 bridgehead atoms. The largest absolute Gasteiger partial charge is 0.480 e. The number of nitrogens with zero attached hydrogens (tertiary/aromatic N) is 1. The van der Waals surface area contributed by atoms with Gasteiger partial charge in [0.1, 0.15) is 11.6 Å². The van der Waals surface area contributed by atoms with Crippen LogP contribution in [0.2, 0.25) is 0 Å². The van der Waals surface area contributed by atoms with Crippen molar-refractivity contribution in [3.63, 3.8) is 0 Å². The molecule has 2 atom stereocenters. The molecule has 2 aliphatic rings. The van der Waals surface area contributed by atoms with Crippen LogP contribution in [0.4, 0.5) is 4.79 Å². The summed E-state index contributed by atoms with van der Waals surface area (Å²) in [4.78, 5) is 25.1. The van der Waals surface area contributed by atoms with E-state index in [2.05, 4.69) is 0 Å². The second kappa shape index (κ2) is 6.24. The van der Waals surface area contributed by atoms with Gasteiger partial charge < -0.3 is 9.84 Å². The number of carboxylic acid groups (broad SMARTS) is 1. The summed E-state index contributed by atoms with van der Waals surface area (Å²) in [5, 5.41) is 9.40. The molecule has 0 unspecified atom stereocenters.